The summed E-state index contributed by atoms with van der Waals surface area (Å²) < 4.78 is 282. The number of fused-ring (bicyclic) bond motifs is 12. The molecule has 12 rings (SSSR count). The Labute approximate surface area is 364 Å². The molecule has 0 N–H and O–H groups in total. The van der Waals surface area contributed by atoms with Gasteiger partial charge < -0.3 is 4.57 Å². The molecule has 0 aliphatic carbocycles. The first-order valence-electron chi connectivity index (χ1n) is 31.9. The van der Waals surface area contributed by atoms with Crippen molar-refractivity contribution < 1.29 is 42.5 Å². The highest BCUT2D eigenvalue weighted by Gasteiger charge is 2.21. The molecule has 56 heavy (non-hydrogen) atoms. The maximum absolute atomic E-state index is 10.2. The van der Waals surface area contributed by atoms with Gasteiger partial charge in [-0.05, 0) is 74.6 Å². The molecule has 0 saturated carbocycles. The van der Waals surface area contributed by atoms with E-state index in [0.717, 1.165) is 9.13 Å². The summed E-state index contributed by atoms with van der Waals surface area (Å²) in [6.45, 7) is 0. The van der Waals surface area contributed by atoms with E-state index >= 15 is 0 Å². The summed E-state index contributed by atoms with van der Waals surface area (Å²) in [4.78, 5) is 13.5. The van der Waals surface area contributed by atoms with E-state index in [4.69, 9.17) is 28.8 Å². The molecule has 260 valence electrons. The molecule has 0 fully saturated rings. The summed E-state index contributed by atoms with van der Waals surface area (Å²) in [5.74, 6) is -2.86. The molecule has 0 atom stereocenters. The molecule has 12 aromatic rings. The number of rotatable bonds is 4. The van der Waals surface area contributed by atoms with Crippen LogP contribution in [0.5, 0.6) is 0 Å². The molecule has 3 heterocycles. The smallest absolute Gasteiger partial charge is 0.238 e. The highest BCUT2D eigenvalue weighted by atomic mass is 15.2. The van der Waals surface area contributed by atoms with Crippen molar-refractivity contribution >= 4 is 75.9 Å². The van der Waals surface area contributed by atoms with Crippen molar-refractivity contribution in [3.05, 3.63) is 187 Å². The van der Waals surface area contributed by atoms with E-state index < -0.39 is 298 Å². The lowest BCUT2D eigenvalue weighted by Crippen LogP contribution is -2.06. The molecule has 0 unspecified atom stereocenters. The zero-order chi connectivity index (χ0) is 63.7. The number of benzene rings is 9. The minimum absolute atomic E-state index is 0.501. The Kier molecular flexibility index (Phi) is 2.83. The van der Waals surface area contributed by atoms with Gasteiger partial charge in [-0.3, -0.25) is 4.57 Å². The highest BCUT2D eigenvalue weighted by molar-refractivity contribution is 6.26. The van der Waals surface area contributed by atoms with E-state index in [-0.39, 0.29) is 0 Å². The maximum atomic E-state index is 10.2. The highest BCUT2D eigenvalue weighted by Crippen LogP contribution is 2.40. The molecule has 5 heteroatoms. The van der Waals surface area contributed by atoms with Crippen LogP contribution >= 0.6 is 0 Å². The quantitative estimate of drug-likeness (QED) is 0.169. The van der Waals surface area contributed by atoms with Crippen LogP contribution < -0.4 is 0 Å². The first-order valence-corrected chi connectivity index (χ1v) is 16.4. The Bertz CT molecular complexity index is 5260. The van der Waals surface area contributed by atoms with Crippen LogP contribution in [-0.2, 0) is 0 Å². The first kappa shape index (κ1) is 13.3. The molecule has 3 aromatic heterocycles. The van der Waals surface area contributed by atoms with E-state index in [2.05, 4.69) is 15.0 Å². The monoisotopic (exact) mass is 744 g/mol. The van der Waals surface area contributed by atoms with Gasteiger partial charge in [0.2, 0.25) is 5.95 Å². The summed E-state index contributed by atoms with van der Waals surface area (Å²) >= 11 is 0. The SMILES string of the molecule is [2H]c1c([2H])c([2H])c(-c2nc(-c3c([2H])c([2H])c4c5c([2H])c([2H])c([2H])c([2H])c5c5c([2H])c([2H])c([2H])c([2H])c5c4c3[2H])nc(-n3c4c([2H])c([2H])c([2H])c([2H])c4c4c([2H])c5c(c([2H])c43)c3c([2H])c([2H])c([2H])c([2H])c3n5-c3c([2H])c([2H])c([2H])c([2H])c3[2H])n2)c([2H])c1[2H]. The Morgan fingerprint density at radius 2 is 0.750 bits per heavy atom. The Morgan fingerprint density at radius 1 is 0.304 bits per heavy atom. The third kappa shape index (κ3) is 4.52. The van der Waals surface area contributed by atoms with Crippen LogP contribution in [0.3, 0.4) is 0 Å². The zero-order valence-corrected chi connectivity index (χ0v) is 27.7. The number of para-hydroxylation sites is 3. The first-order chi connectivity index (χ1) is 40.7. The molecule has 5 nitrogen and oxygen atoms in total. The fourth-order valence-corrected chi connectivity index (χ4v) is 6.81. The molecule has 0 amide bonds. The van der Waals surface area contributed by atoms with E-state index in [0.29, 0.717) is 0 Å². The van der Waals surface area contributed by atoms with Crippen molar-refractivity contribution in [1.29, 1.82) is 0 Å². The van der Waals surface area contributed by atoms with Gasteiger partial charge in [0, 0.05) is 38.4 Å². The van der Waals surface area contributed by atoms with Gasteiger partial charge in [-0.2, -0.15) is 9.97 Å². The van der Waals surface area contributed by atoms with Crippen molar-refractivity contribution in [2.75, 3.05) is 0 Å². The Balaban J connectivity index is 1.36. The lowest BCUT2D eigenvalue weighted by Gasteiger charge is -2.13. The van der Waals surface area contributed by atoms with Gasteiger partial charge in [0.05, 0.1) is 64.6 Å². The summed E-state index contributed by atoms with van der Waals surface area (Å²) in [5, 5.41) is -5.84. The lowest BCUT2D eigenvalue weighted by molar-refractivity contribution is 0.954. The molecule has 0 aliphatic rings. The molecule has 0 saturated heterocycles. The zero-order valence-electron chi connectivity index (χ0n) is 58.7. The normalized spacial score (nSPS) is 19.7. The van der Waals surface area contributed by atoms with Gasteiger partial charge in [-0.15, -0.1) is 0 Å². The summed E-state index contributed by atoms with van der Waals surface area (Å²) in [6, 6.07) is -28.5. The van der Waals surface area contributed by atoms with Crippen LogP contribution in [-0.4, -0.2) is 24.1 Å². The predicted octanol–water partition coefficient (Wildman–Crippen LogP) is 12.9. The van der Waals surface area contributed by atoms with Gasteiger partial charge in [0.1, 0.15) is 0 Å². The number of hydrogen-bond acceptors (Lipinski definition) is 3. The lowest BCUT2D eigenvalue weighted by atomic mass is 9.93. The molecule has 9 aromatic carbocycles. The van der Waals surface area contributed by atoms with Crippen LogP contribution in [0.25, 0.3) is 110 Å². The van der Waals surface area contributed by atoms with Crippen molar-refractivity contribution in [3.63, 3.8) is 0 Å². The average molecular weight is 745 g/mol. The van der Waals surface area contributed by atoms with Crippen LogP contribution in [0, 0.1) is 0 Å². The number of hydrogen-bond donors (Lipinski definition) is 0. The molecule has 0 bridgehead atoms. The summed E-state index contributed by atoms with van der Waals surface area (Å²) in [6.07, 6.45) is 0. The third-order valence-corrected chi connectivity index (χ3v) is 9.11. The van der Waals surface area contributed by atoms with E-state index in [9.17, 15) is 13.7 Å². The van der Waals surface area contributed by atoms with Gasteiger partial charge >= 0.3 is 0 Å². The van der Waals surface area contributed by atoms with Crippen LogP contribution in [0.2, 0.25) is 0 Å². The van der Waals surface area contributed by atoms with Gasteiger partial charge in [-0.1, -0.05) is 145 Å². The van der Waals surface area contributed by atoms with E-state index in [1.54, 1.807) is 0 Å². The molecule has 0 spiro atoms. The van der Waals surface area contributed by atoms with Crippen LogP contribution in [0.4, 0.5) is 0 Å². The summed E-state index contributed by atoms with van der Waals surface area (Å²) in [5.41, 5.74) is -5.13. The van der Waals surface area contributed by atoms with Crippen molar-refractivity contribution in [2.24, 2.45) is 0 Å². The largest absolute Gasteiger partial charge is 0.309 e. The minimum atomic E-state index is -1.04. The van der Waals surface area contributed by atoms with Gasteiger partial charge in [0.25, 0.3) is 0 Å². The van der Waals surface area contributed by atoms with Crippen molar-refractivity contribution in [1.82, 2.24) is 24.1 Å². The van der Waals surface area contributed by atoms with E-state index in [1.807, 2.05) is 0 Å². The van der Waals surface area contributed by atoms with Crippen molar-refractivity contribution in [2.45, 2.75) is 0 Å². The summed E-state index contributed by atoms with van der Waals surface area (Å²) in [7, 11) is 0. The third-order valence-electron chi connectivity index (χ3n) is 9.11. The van der Waals surface area contributed by atoms with Gasteiger partial charge in [-0.25, -0.2) is 4.98 Å². The molecule has 0 aliphatic heterocycles. The Hall–Kier alpha value is -7.63. The van der Waals surface area contributed by atoms with Crippen molar-refractivity contribution in [3.8, 4) is 34.4 Å². The molecule has 0 radical (unpaired) electrons. The average Bonchev–Trinajstić information content (AvgIpc) is 1.65. The van der Waals surface area contributed by atoms with E-state index in [1.165, 1.54) is 0 Å². The second kappa shape index (κ2) is 11.9. The minimum Gasteiger partial charge on any atom is -0.309 e. The second-order valence-corrected chi connectivity index (χ2v) is 12.1. The predicted molar refractivity (Wildman–Crippen MR) is 232 cm³/mol. The second-order valence-electron chi connectivity index (χ2n) is 12.1. The molecular formula is C51H31N5. The number of nitrogens with zero attached hydrogens (tertiary/aromatic N) is 5. The van der Waals surface area contributed by atoms with Crippen LogP contribution in [0.15, 0.2) is 187 Å². The standard InChI is InChI=1S/C51H31N5/c1-3-15-32(16-4-1)49-52-50(33-27-28-39-37-21-8-7-19-35(37)36-20-9-10-22-38(36)42(39)29-33)54-51(53-49)56-46-26-14-12-24-41(46)44-30-47-43(31-48(44)56)40-23-11-13-25-45(40)55(47)34-17-5-2-6-18-34/h1-31H/i1D,2D,3D,4D,5D,6D,7D,8D,9D,10D,11D,12D,13D,14D,15D,16D,17D,18D,19D,20D,21D,22D,23D,24D,25D,26D,27D,28D,29D,30D,31D. The Morgan fingerprint density at radius 3 is 1.36 bits per heavy atom. The van der Waals surface area contributed by atoms with Crippen LogP contribution in [0.1, 0.15) is 42.5 Å². The van der Waals surface area contributed by atoms with Gasteiger partial charge in [0.15, 0.2) is 11.6 Å². The fraction of sp³-hybridized carbons (Fsp3) is 0. The molecular weight excluding hydrogens is 683 g/mol. The maximum Gasteiger partial charge on any atom is 0.238 e. The number of aromatic nitrogens is 5. The fourth-order valence-electron chi connectivity index (χ4n) is 6.81. The topological polar surface area (TPSA) is 48.5 Å².